The molecule has 0 atom stereocenters. The molecule has 2 aromatic rings. The Morgan fingerprint density at radius 3 is 2.74 bits per heavy atom. The van der Waals surface area contributed by atoms with E-state index in [0.29, 0.717) is 22.9 Å². The molecule has 0 aromatic heterocycles. The van der Waals surface area contributed by atoms with Crippen molar-refractivity contribution in [2.24, 2.45) is 0 Å². The van der Waals surface area contributed by atoms with Gasteiger partial charge in [-0.3, -0.25) is 0 Å². The number of benzene rings is 2. The van der Waals surface area contributed by atoms with Gasteiger partial charge in [-0.1, -0.05) is 33.6 Å². The minimum atomic E-state index is -0.325. The summed E-state index contributed by atoms with van der Waals surface area (Å²) in [5, 5.41) is 3.53. The second-order valence-electron chi connectivity index (χ2n) is 3.93. The zero-order chi connectivity index (χ0) is 13.8. The number of ether oxygens (including phenoxy) is 1. The molecule has 19 heavy (non-hydrogen) atoms. The van der Waals surface area contributed by atoms with Crippen molar-refractivity contribution in [2.45, 2.75) is 6.54 Å². The summed E-state index contributed by atoms with van der Waals surface area (Å²) in [4.78, 5) is 0. The van der Waals surface area contributed by atoms with Gasteiger partial charge in [0.1, 0.15) is 11.6 Å². The van der Waals surface area contributed by atoms with Crippen LogP contribution in [0.2, 0.25) is 5.02 Å². The number of anilines is 1. The van der Waals surface area contributed by atoms with Crippen LogP contribution < -0.4 is 10.1 Å². The molecular weight excluding hydrogens is 333 g/mol. The SMILES string of the molecule is COc1ccc(Br)cc1NCc1ccc(Cl)cc1F. The fourth-order valence-electron chi connectivity index (χ4n) is 1.67. The quantitative estimate of drug-likeness (QED) is 0.855. The van der Waals surface area contributed by atoms with Gasteiger partial charge < -0.3 is 10.1 Å². The number of halogens is 3. The van der Waals surface area contributed by atoms with Crippen molar-refractivity contribution < 1.29 is 9.13 Å². The number of nitrogens with one attached hydrogen (secondary N) is 1. The van der Waals surface area contributed by atoms with Gasteiger partial charge in [0, 0.05) is 21.6 Å². The average molecular weight is 345 g/mol. The zero-order valence-electron chi connectivity index (χ0n) is 10.2. The summed E-state index contributed by atoms with van der Waals surface area (Å²) >= 11 is 9.10. The monoisotopic (exact) mass is 343 g/mol. The van der Waals surface area contributed by atoms with Crippen LogP contribution in [-0.4, -0.2) is 7.11 Å². The van der Waals surface area contributed by atoms with Gasteiger partial charge in [0.2, 0.25) is 0 Å². The van der Waals surface area contributed by atoms with E-state index >= 15 is 0 Å². The number of hydrogen-bond acceptors (Lipinski definition) is 2. The lowest BCUT2D eigenvalue weighted by atomic mass is 10.2. The highest BCUT2D eigenvalue weighted by Crippen LogP contribution is 2.28. The Kier molecular flexibility index (Phi) is 4.66. The van der Waals surface area contributed by atoms with Gasteiger partial charge in [-0.25, -0.2) is 4.39 Å². The van der Waals surface area contributed by atoms with Crippen LogP contribution >= 0.6 is 27.5 Å². The minimum Gasteiger partial charge on any atom is -0.495 e. The lowest BCUT2D eigenvalue weighted by molar-refractivity contribution is 0.416. The van der Waals surface area contributed by atoms with Crippen LogP contribution in [0.25, 0.3) is 0 Å². The van der Waals surface area contributed by atoms with Crippen molar-refractivity contribution in [3.63, 3.8) is 0 Å². The smallest absolute Gasteiger partial charge is 0.142 e. The van der Waals surface area contributed by atoms with Gasteiger partial charge in [-0.05, 0) is 30.3 Å². The van der Waals surface area contributed by atoms with Gasteiger partial charge in [-0.15, -0.1) is 0 Å². The first-order valence-electron chi connectivity index (χ1n) is 5.61. The van der Waals surface area contributed by atoms with Crippen molar-refractivity contribution in [1.82, 2.24) is 0 Å². The Morgan fingerprint density at radius 2 is 2.05 bits per heavy atom. The third-order valence-electron chi connectivity index (χ3n) is 2.65. The van der Waals surface area contributed by atoms with Crippen LogP contribution in [0.4, 0.5) is 10.1 Å². The van der Waals surface area contributed by atoms with E-state index in [4.69, 9.17) is 16.3 Å². The van der Waals surface area contributed by atoms with E-state index in [1.807, 2.05) is 18.2 Å². The molecule has 0 radical (unpaired) electrons. The normalized spacial score (nSPS) is 10.3. The third kappa shape index (κ3) is 3.61. The molecule has 0 fully saturated rings. The first-order valence-corrected chi connectivity index (χ1v) is 6.78. The summed E-state index contributed by atoms with van der Waals surface area (Å²) in [6.45, 7) is 0.357. The largest absolute Gasteiger partial charge is 0.495 e. The maximum Gasteiger partial charge on any atom is 0.142 e. The van der Waals surface area contributed by atoms with Crippen LogP contribution in [0.1, 0.15) is 5.56 Å². The first kappa shape index (κ1) is 14.2. The van der Waals surface area contributed by atoms with E-state index in [2.05, 4.69) is 21.2 Å². The third-order valence-corrected chi connectivity index (χ3v) is 3.37. The molecule has 0 aliphatic rings. The maximum atomic E-state index is 13.6. The second kappa shape index (κ2) is 6.26. The molecule has 2 aromatic carbocycles. The fraction of sp³-hybridized carbons (Fsp3) is 0.143. The molecule has 0 amide bonds. The van der Waals surface area contributed by atoms with Gasteiger partial charge in [-0.2, -0.15) is 0 Å². The highest BCUT2D eigenvalue weighted by atomic mass is 79.9. The minimum absolute atomic E-state index is 0.325. The van der Waals surface area contributed by atoms with E-state index < -0.39 is 0 Å². The summed E-state index contributed by atoms with van der Waals surface area (Å²) < 4.78 is 19.8. The van der Waals surface area contributed by atoms with Crippen molar-refractivity contribution in [2.75, 3.05) is 12.4 Å². The molecule has 0 saturated heterocycles. The zero-order valence-corrected chi connectivity index (χ0v) is 12.6. The van der Waals surface area contributed by atoms with Crippen molar-refractivity contribution in [3.05, 3.63) is 57.3 Å². The summed E-state index contributed by atoms with van der Waals surface area (Å²) in [5.41, 5.74) is 1.35. The molecule has 0 spiro atoms. The van der Waals surface area contributed by atoms with Gasteiger partial charge in [0.25, 0.3) is 0 Å². The van der Waals surface area contributed by atoms with E-state index in [0.717, 1.165) is 10.2 Å². The van der Waals surface area contributed by atoms with Gasteiger partial charge >= 0.3 is 0 Å². The highest BCUT2D eigenvalue weighted by molar-refractivity contribution is 9.10. The molecule has 0 unspecified atom stereocenters. The summed E-state index contributed by atoms with van der Waals surface area (Å²) in [6, 6.07) is 10.2. The van der Waals surface area contributed by atoms with E-state index in [1.54, 1.807) is 19.2 Å². The van der Waals surface area contributed by atoms with Crippen molar-refractivity contribution in [1.29, 1.82) is 0 Å². The number of hydrogen-bond donors (Lipinski definition) is 1. The molecule has 0 bridgehead atoms. The molecule has 0 heterocycles. The number of rotatable bonds is 4. The second-order valence-corrected chi connectivity index (χ2v) is 5.29. The molecule has 0 saturated carbocycles. The fourth-order valence-corrected chi connectivity index (χ4v) is 2.19. The van der Waals surface area contributed by atoms with Crippen LogP contribution in [0.15, 0.2) is 40.9 Å². The molecule has 0 aliphatic heterocycles. The topological polar surface area (TPSA) is 21.3 Å². The van der Waals surface area contributed by atoms with Gasteiger partial charge in [0.05, 0.1) is 12.8 Å². The van der Waals surface area contributed by atoms with Crippen molar-refractivity contribution in [3.8, 4) is 5.75 Å². The van der Waals surface area contributed by atoms with Crippen LogP contribution in [0, 0.1) is 5.82 Å². The Morgan fingerprint density at radius 1 is 1.26 bits per heavy atom. The summed E-state index contributed by atoms with van der Waals surface area (Å²) in [5.74, 6) is 0.381. The molecular formula is C14H12BrClFNO. The Labute approximate surface area is 124 Å². The lowest BCUT2D eigenvalue weighted by Gasteiger charge is -2.12. The molecule has 100 valence electrons. The standard InChI is InChI=1S/C14H12BrClFNO/c1-19-14-5-3-10(15)6-13(14)18-8-9-2-4-11(16)7-12(9)17/h2-7,18H,8H2,1H3. The first-order chi connectivity index (χ1) is 9.10. The highest BCUT2D eigenvalue weighted by Gasteiger charge is 2.06. The van der Waals surface area contributed by atoms with Gasteiger partial charge in [0.15, 0.2) is 0 Å². The summed E-state index contributed by atoms with van der Waals surface area (Å²) in [6.07, 6.45) is 0. The summed E-state index contributed by atoms with van der Waals surface area (Å²) in [7, 11) is 1.59. The molecule has 2 rings (SSSR count). The van der Waals surface area contributed by atoms with E-state index in [-0.39, 0.29) is 5.82 Å². The predicted molar refractivity (Wildman–Crippen MR) is 79.4 cm³/mol. The van der Waals surface area contributed by atoms with Crippen LogP contribution in [-0.2, 0) is 6.54 Å². The number of methoxy groups -OCH3 is 1. The molecule has 2 nitrogen and oxygen atoms in total. The maximum absolute atomic E-state index is 13.6. The Hall–Kier alpha value is -1.26. The van der Waals surface area contributed by atoms with Crippen molar-refractivity contribution >= 4 is 33.2 Å². The van der Waals surface area contributed by atoms with Crippen LogP contribution in [0.5, 0.6) is 5.75 Å². The van der Waals surface area contributed by atoms with E-state index in [1.165, 1.54) is 6.07 Å². The molecule has 1 N–H and O–H groups in total. The Balaban J connectivity index is 2.16. The molecule has 5 heteroatoms. The predicted octanol–water partition coefficient (Wildman–Crippen LogP) is 4.86. The van der Waals surface area contributed by atoms with Crippen LogP contribution in [0.3, 0.4) is 0 Å². The Bertz CT molecular complexity index is 592. The molecule has 0 aliphatic carbocycles. The van der Waals surface area contributed by atoms with E-state index in [9.17, 15) is 4.39 Å². The average Bonchev–Trinajstić information content (AvgIpc) is 2.38. The lowest BCUT2D eigenvalue weighted by Crippen LogP contribution is -2.03.